The molecule has 2 aliphatic rings. The number of nitrogens with zero attached hydrogens (tertiary/aromatic N) is 2. The third kappa shape index (κ3) is 4.30. The number of rotatable bonds is 6. The molecule has 3 nitrogen and oxygen atoms in total. The SMILES string of the molecule is CCCCn1c(SCc2ccc(C)cc2)nc2c(c1=O)C1(CCCCC1)Cc1ccccc1-2. The third-order valence-corrected chi connectivity index (χ3v) is 8.55. The minimum absolute atomic E-state index is 0.0415. The van der Waals surface area contributed by atoms with Gasteiger partial charge in [-0.05, 0) is 43.7 Å². The molecule has 0 atom stereocenters. The molecule has 0 N–H and O–H groups in total. The van der Waals surface area contributed by atoms with E-state index >= 15 is 0 Å². The number of hydrogen-bond donors (Lipinski definition) is 0. The quantitative estimate of drug-likeness (QED) is 0.293. The smallest absolute Gasteiger partial charge is 0.258 e. The van der Waals surface area contributed by atoms with Crippen LogP contribution < -0.4 is 5.56 Å². The van der Waals surface area contributed by atoms with Gasteiger partial charge in [0.15, 0.2) is 5.16 Å². The zero-order valence-electron chi connectivity index (χ0n) is 19.9. The van der Waals surface area contributed by atoms with E-state index in [1.807, 2.05) is 4.57 Å². The Hall–Kier alpha value is -2.33. The lowest BCUT2D eigenvalue weighted by molar-refractivity contribution is 0.281. The molecule has 1 heterocycles. The van der Waals surface area contributed by atoms with Gasteiger partial charge < -0.3 is 0 Å². The predicted molar refractivity (Wildman–Crippen MR) is 138 cm³/mol. The van der Waals surface area contributed by atoms with Gasteiger partial charge in [-0.25, -0.2) is 4.98 Å². The second-order valence-electron chi connectivity index (χ2n) is 9.88. The average molecular weight is 459 g/mol. The van der Waals surface area contributed by atoms with Gasteiger partial charge in [0.25, 0.3) is 5.56 Å². The first-order valence-corrected chi connectivity index (χ1v) is 13.5. The van der Waals surface area contributed by atoms with Crippen molar-refractivity contribution in [1.29, 1.82) is 0 Å². The van der Waals surface area contributed by atoms with Crippen molar-refractivity contribution < 1.29 is 0 Å². The van der Waals surface area contributed by atoms with Crippen molar-refractivity contribution in [3.8, 4) is 11.3 Å². The third-order valence-electron chi connectivity index (χ3n) is 7.50. The van der Waals surface area contributed by atoms with Crippen molar-refractivity contribution in [1.82, 2.24) is 9.55 Å². The van der Waals surface area contributed by atoms with Gasteiger partial charge in [0.2, 0.25) is 0 Å². The van der Waals surface area contributed by atoms with Crippen LogP contribution >= 0.6 is 11.8 Å². The van der Waals surface area contributed by atoms with E-state index in [2.05, 4.69) is 62.4 Å². The molecule has 5 rings (SSSR count). The Morgan fingerprint density at radius 2 is 1.79 bits per heavy atom. The predicted octanol–water partition coefficient (Wildman–Crippen LogP) is 7.07. The number of fused-ring (bicyclic) bond motifs is 4. The Kier molecular flexibility index (Phi) is 6.47. The standard InChI is InChI=1S/C29H34N2OS/c1-3-4-18-31-27(32)25-26(30-28(31)33-20-22-14-12-21(2)13-15-22)24-11-7-6-10-23(24)19-29(25)16-8-5-9-17-29/h6-7,10-15H,3-5,8-9,16-20H2,1-2H3. The van der Waals surface area contributed by atoms with Gasteiger partial charge >= 0.3 is 0 Å². The van der Waals surface area contributed by atoms with Crippen LogP contribution in [-0.2, 0) is 24.1 Å². The molecule has 1 aromatic heterocycles. The highest BCUT2D eigenvalue weighted by Crippen LogP contribution is 2.48. The minimum atomic E-state index is -0.0415. The summed E-state index contributed by atoms with van der Waals surface area (Å²) in [6.45, 7) is 5.06. The Morgan fingerprint density at radius 1 is 1.03 bits per heavy atom. The van der Waals surface area contributed by atoms with E-state index in [1.165, 1.54) is 41.5 Å². The molecule has 1 saturated carbocycles. The molecule has 0 bridgehead atoms. The summed E-state index contributed by atoms with van der Waals surface area (Å²) < 4.78 is 2.01. The molecule has 0 amide bonds. The topological polar surface area (TPSA) is 34.9 Å². The van der Waals surface area contributed by atoms with Crippen molar-refractivity contribution in [3.63, 3.8) is 0 Å². The number of hydrogen-bond acceptors (Lipinski definition) is 3. The van der Waals surface area contributed by atoms with Crippen LogP contribution in [0.15, 0.2) is 58.5 Å². The summed E-state index contributed by atoms with van der Waals surface area (Å²) in [5.41, 5.74) is 7.21. The summed E-state index contributed by atoms with van der Waals surface area (Å²) in [5, 5.41) is 0.871. The second-order valence-corrected chi connectivity index (χ2v) is 10.8. The van der Waals surface area contributed by atoms with Crippen LogP contribution in [0.3, 0.4) is 0 Å². The summed E-state index contributed by atoms with van der Waals surface area (Å²) in [6, 6.07) is 17.3. The maximum absolute atomic E-state index is 14.2. The molecule has 3 aromatic rings. The first kappa shape index (κ1) is 22.5. The van der Waals surface area contributed by atoms with Crippen molar-refractivity contribution in [2.45, 2.75) is 88.1 Å². The number of aromatic nitrogens is 2. The zero-order valence-corrected chi connectivity index (χ0v) is 20.7. The van der Waals surface area contributed by atoms with Crippen LogP contribution in [0.5, 0.6) is 0 Å². The molecule has 172 valence electrons. The lowest BCUT2D eigenvalue weighted by atomic mass is 9.62. The fraction of sp³-hybridized carbons (Fsp3) is 0.448. The molecule has 1 spiro atoms. The zero-order chi connectivity index (χ0) is 22.8. The lowest BCUT2D eigenvalue weighted by Gasteiger charge is -2.42. The van der Waals surface area contributed by atoms with E-state index < -0.39 is 0 Å². The van der Waals surface area contributed by atoms with E-state index in [0.717, 1.165) is 60.8 Å². The lowest BCUT2D eigenvalue weighted by Crippen LogP contribution is -2.43. The molecular formula is C29H34N2OS. The van der Waals surface area contributed by atoms with Gasteiger partial charge in [-0.3, -0.25) is 9.36 Å². The van der Waals surface area contributed by atoms with Gasteiger partial charge in [0.1, 0.15) is 0 Å². The first-order valence-electron chi connectivity index (χ1n) is 12.5. The molecular weight excluding hydrogens is 424 g/mol. The van der Waals surface area contributed by atoms with Gasteiger partial charge in [-0.15, -0.1) is 0 Å². The number of aryl methyl sites for hydroxylation is 1. The van der Waals surface area contributed by atoms with Crippen LogP contribution in [0.25, 0.3) is 11.3 Å². The van der Waals surface area contributed by atoms with Crippen molar-refractivity contribution in [2.24, 2.45) is 0 Å². The van der Waals surface area contributed by atoms with E-state index in [-0.39, 0.29) is 11.0 Å². The van der Waals surface area contributed by atoms with Crippen LogP contribution in [0.1, 0.15) is 74.1 Å². The monoisotopic (exact) mass is 458 g/mol. The van der Waals surface area contributed by atoms with Crippen LogP contribution in [-0.4, -0.2) is 9.55 Å². The Morgan fingerprint density at radius 3 is 2.55 bits per heavy atom. The molecule has 2 aromatic carbocycles. The van der Waals surface area contributed by atoms with Crippen LogP contribution in [0.4, 0.5) is 0 Å². The fourth-order valence-corrected chi connectivity index (χ4v) is 6.65. The summed E-state index contributed by atoms with van der Waals surface area (Å²) in [5.74, 6) is 0.824. The molecule has 1 fully saturated rings. The Labute approximate surface area is 201 Å². The largest absolute Gasteiger partial charge is 0.287 e. The van der Waals surface area contributed by atoms with Crippen molar-refractivity contribution >= 4 is 11.8 Å². The van der Waals surface area contributed by atoms with Gasteiger partial charge in [0.05, 0.1) is 11.3 Å². The van der Waals surface area contributed by atoms with Gasteiger partial charge in [0, 0.05) is 23.3 Å². The van der Waals surface area contributed by atoms with E-state index in [1.54, 1.807) is 11.8 Å². The van der Waals surface area contributed by atoms with Crippen LogP contribution in [0.2, 0.25) is 0 Å². The molecule has 2 aliphatic carbocycles. The summed E-state index contributed by atoms with van der Waals surface area (Å²) >= 11 is 1.71. The van der Waals surface area contributed by atoms with Crippen molar-refractivity contribution in [2.75, 3.05) is 0 Å². The van der Waals surface area contributed by atoms with E-state index in [9.17, 15) is 4.79 Å². The number of thioether (sulfide) groups is 1. The maximum Gasteiger partial charge on any atom is 0.258 e. The summed E-state index contributed by atoms with van der Waals surface area (Å²) in [6.07, 6.45) is 8.96. The molecule has 0 saturated heterocycles. The summed E-state index contributed by atoms with van der Waals surface area (Å²) in [7, 11) is 0. The normalized spacial score (nSPS) is 16.4. The number of unbranched alkanes of at least 4 members (excludes halogenated alkanes) is 1. The van der Waals surface area contributed by atoms with E-state index in [0.29, 0.717) is 0 Å². The highest BCUT2D eigenvalue weighted by Gasteiger charge is 2.43. The molecule has 0 radical (unpaired) electrons. The highest BCUT2D eigenvalue weighted by molar-refractivity contribution is 7.98. The van der Waals surface area contributed by atoms with Gasteiger partial charge in [-0.1, -0.05) is 98.5 Å². The minimum Gasteiger partial charge on any atom is -0.287 e. The molecule has 0 unspecified atom stereocenters. The van der Waals surface area contributed by atoms with Crippen LogP contribution in [0, 0.1) is 6.92 Å². The van der Waals surface area contributed by atoms with Gasteiger partial charge in [-0.2, -0.15) is 0 Å². The fourth-order valence-electron chi connectivity index (χ4n) is 5.68. The molecule has 0 aliphatic heterocycles. The maximum atomic E-state index is 14.2. The number of benzene rings is 2. The van der Waals surface area contributed by atoms with E-state index in [4.69, 9.17) is 4.98 Å². The Bertz CT molecular complexity index is 1190. The van der Waals surface area contributed by atoms with Crippen molar-refractivity contribution in [3.05, 3.63) is 81.1 Å². The Balaban J connectivity index is 1.64. The average Bonchev–Trinajstić information content (AvgIpc) is 2.83. The second kappa shape index (κ2) is 9.50. The molecule has 4 heteroatoms. The molecule has 33 heavy (non-hydrogen) atoms. The highest BCUT2D eigenvalue weighted by atomic mass is 32.2. The summed E-state index contributed by atoms with van der Waals surface area (Å²) in [4.78, 5) is 19.5. The first-order chi connectivity index (χ1) is 16.1.